The normalized spacial score (nSPS) is 16.1. The molecule has 0 saturated heterocycles. The monoisotopic (exact) mass is 399 g/mol. The van der Waals surface area contributed by atoms with Crippen LogP contribution in [0.25, 0.3) is 5.70 Å². The predicted molar refractivity (Wildman–Crippen MR) is 106 cm³/mol. The molecule has 144 valence electrons. The van der Waals surface area contributed by atoms with E-state index < -0.39 is 10.0 Å². The maximum absolute atomic E-state index is 13.4. The first-order valence-electron chi connectivity index (χ1n) is 8.54. The number of benzene rings is 2. The van der Waals surface area contributed by atoms with Gasteiger partial charge < -0.3 is 5.32 Å². The summed E-state index contributed by atoms with van der Waals surface area (Å²) in [6.07, 6.45) is 2.98. The number of rotatable bonds is 4. The quantitative estimate of drug-likeness (QED) is 0.704. The van der Waals surface area contributed by atoms with E-state index in [0.717, 1.165) is 28.6 Å². The van der Waals surface area contributed by atoms with Crippen molar-refractivity contribution in [1.29, 1.82) is 0 Å². The number of allylic oxidation sites excluding steroid dienone is 1. The second-order valence-electron chi connectivity index (χ2n) is 6.65. The molecule has 0 saturated carbocycles. The third-order valence-electron chi connectivity index (χ3n) is 4.32. The number of hydrogen-bond donors (Lipinski definition) is 2. The number of sulfonamides is 1. The lowest BCUT2D eigenvalue weighted by Gasteiger charge is -2.24. The Bertz CT molecular complexity index is 1150. The molecule has 1 aliphatic rings. The first-order chi connectivity index (χ1) is 13.3. The average molecular weight is 399 g/mol. The highest BCUT2D eigenvalue weighted by Gasteiger charge is 2.26. The van der Waals surface area contributed by atoms with Gasteiger partial charge in [0.15, 0.2) is 0 Å². The minimum absolute atomic E-state index is 0.0318. The highest BCUT2D eigenvalue weighted by Crippen LogP contribution is 2.33. The summed E-state index contributed by atoms with van der Waals surface area (Å²) < 4.78 is 40.3. The van der Waals surface area contributed by atoms with E-state index in [4.69, 9.17) is 0 Å². The molecule has 28 heavy (non-hydrogen) atoms. The van der Waals surface area contributed by atoms with Crippen LogP contribution in [0.2, 0.25) is 0 Å². The molecular formula is C19H18FN5O2S. The van der Waals surface area contributed by atoms with Gasteiger partial charge >= 0.3 is 0 Å². The molecule has 0 fully saturated rings. The molecule has 1 atom stereocenters. The molecular weight excluding hydrogens is 381 g/mol. The second kappa shape index (κ2) is 6.75. The number of hydrogen-bond acceptors (Lipinski definition) is 5. The zero-order valence-corrected chi connectivity index (χ0v) is 16.0. The summed E-state index contributed by atoms with van der Waals surface area (Å²) in [7, 11) is -3.52. The molecule has 2 heterocycles. The lowest BCUT2D eigenvalue weighted by molar-refractivity contribution is 0.600. The van der Waals surface area contributed by atoms with Crippen LogP contribution in [0.5, 0.6) is 0 Å². The number of aryl methyl sites for hydroxylation is 1. The van der Waals surface area contributed by atoms with Gasteiger partial charge in [0.1, 0.15) is 11.9 Å². The number of nitrogens with one attached hydrogen (secondary N) is 2. The summed E-state index contributed by atoms with van der Waals surface area (Å²) in [6.45, 7) is 2.01. The fourth-order valence-corrected chi connectivity index (χ4v) is 3.42. The van der Waals surface area contributed by atoms with Crippen LogP contribution in [-0.2, 0) is 10.0 Å². The van der Waals surface area contributed by atoms with Gasteiger partial charge in [-0.1, -0.05) is 42.0 Å². The number of aromatic nitrogens is 3. The van der Waals surface area contributed by atoms with Gasteiger partial charge in [0, 0.05) is 5.70 Å². The van der Waals surface area contributed by atoms with Crippen molar-refractivity contribution in [3.63, 3.8) is 0 Å². The van der Waals surface area contributed by atoms with Crippen LogP contribution in [0.3, 0.4) is 0 Å². The molecule has 2 N–H and O–H groups in total. The molecule has 0 radical (unpaired) electrons. The summed E-state index contributed by atoms with van der Waals surface area (Å²) in [5.74, 6) is 0.0212. The number of fused-ring (bicyclic) bond motifs is 1. The predicted octanol–water partition coefficient (Wildman–Crippen LogP) is 3.15. The SMILES string of the molecule is Cc1ccc(C2=CC(c3ccc(F)cc3)n3nc(NS(C)(=O)=O)nc3N2)cc1. The van der Waals surface area contributed by atoms with Crippen molar-refractivity contribution in [3.05, 3.63) is 77.1 Å². The van der Waals surface area contributed by atoms with E-state index in [1.54, 1.807) is 16.8 Å². The van der Waals surface area contributed by atoms with Gasteiger partial charge in [0.05, 0.1) is 6.26 Å². The topological polar surface area (TPSA) is 88.9 Å². The van der Waals surface area contributed by atoms with Crippen LogP contribution >= 0.6 is 0 Å². The lowest BCUT2D eigenvalue weighted by atomic mass is 10.0. The first-order valence-corrected chi connectivity index (χ1v) is 10.4. The smallest absolute Gasteiger partial charge is 0.257 e. The standard InChI is InChI=1S/C19H18FN5O2S/c1-12-3-5-13(6-4-12)16-11-17(14-7-9-15(20)10-8-14)25-19(21-16)22-18(23-25)24-28(2,26)27/h3-11,17H,1-2H3,(H2,21,22,23,24). The van der Waals surface area contributed by atoms with Gasteiger partial charge in [0.2, 0.25) is 16.0 Å². The summed E-state index contributed by atoms with van der Waals surface area (Å²) in [6, 6.07) is 13.7. The van der Waals surface area contributed by atoms with E-state index in [0.29, 0.717) is 5.95 Å². The van der Waals surface area contributed by atoms with Crippen molar-refractivity contribution < 1.29 is 12.8 Å². The van der Waals surface area contributed by atoms with Gasteiger partial charge in [-0.3, -0.25) is 4.72 Å². The van der Waals surface area contributed by atoms with E-state index >= 15 is 0 Å². The second-order valence-corrected chi connectivity index (χ2v) is 8.39. The van der Waals surface area contributed by atoms with Gasteiger partial charge in [-0.25, -0.2) is 17.5 Å². The fraction of sp³-hybridized carbons (Fsp3) is 0.158. The van der Waals surface area contributed by atoms with Crippen molar-refractivity contribution in [2.75, 3.05) is 16.3 Å². The van der Waals surface area contributed by atoms with E-state index in [1.807, 2.05) is 37.3 Å². The van der Waals surface area contributed by atoms with E-state index in [2.05, 4.69) is 20.1 Å². The van der Waals surface area contributed by atoms with E-state index in [9.17, 15) is 12.8 Å². The zero-order chi connectivity index (χ0) is 19.9. The van der Waals surface area contributed by atoms with Crippen molar-refractivity contribution in [1.82, 2.24) is 14.8 Å². The van der Waals surface area contributed by atoms with Gasteiger partial charge in [0.25, 0.3) is 5.95 Å². The largest absolute Gasteiger partial charge is 0.324 e. The maximum atomic E-state index is 13.4. The molecule has 9 heteroatoms. The van der Waals surface area contributed by atoms with Crippen molar-refractivity contribution in [3.8, 4) is 0 Å². The highest BCUT2D eigenvalue weighted by atomic mass is 32.2. The number of anilines is 2. The van der Waals surface area contributed by atoms with Crippen molar-refractivity contribution in [2.24, 2.45) is 0 Å². The third-order valence-corrected chi connectivity index (χ3v) is 4.87. The minimum atomic E-state index is -3.52. The average Bonchev–Trinajstić information content (AvgIpc) is 3.02. The Hall–Kier alpha value is -3.20. The van der Waals surface area contributed by atoms with E-state index in [1.165, 1.54) is 12.1 Å². The van der Waals surface area contributed by atoms with Crippen molar-refractivity contribution in [2.45, 2.75) is 13.0 Å². The lowest BCUT2D eigenvalue weighted by Crippen LogP contribution is -2.20. The van der Waals surface area contributed by atoms with Crippen LogP contribution in [0.15, 0.2) is 54.6 Å². The zero-order valence-electron chi connectivity index (χ0n) is 15.2. The minimum Gasteiger partial charge on any atom is -0.324 e. The van der Waals surface area contributed by atoms with Crippen LogP contribution in [0.4, 0.5) is 16.3 Å². The molecule has 3 aromatic rings. The Kier molecular flexibility index (Phi) is 4.38. The van der Waals surface area contributed by atoms with Crippen LogP contribution in [0, 0.1) is 12.7 Å². The summed E-state index contributed by atoms with van der Waals surface area (Å²) >= 11 is 0. The van der Waals surface area contributed by atoms with Gasteiger partial charge in [-0.15, -0.1) is 5.10 Å². The fourth-order valence-electron chi connectivity index (χ4n) is 3.00. The number of halogens is 1. The van der Waals surface area contributed by atoms with Crippen LogP contribution in [-0.4, -0.2) is 29.4 Å². The maximum Gasteiger partial charge on any atom is 0.257 e. The molecule has 0 bridgehead atoms. The molecule has 1 aliphatic heterocycles. The first kappa shape index (κ1) is 18.2. The number of nitrogens with zero attached hydrogens (tertiary/aromatic N) is 3. The highest BCUT2D eigenvalue weighted by molar-refractivity contribution is 7.91. The van der Waals surface area contributed by atoms with Crippen LogP contribution < -0.4 is 10.0 Å². The Labute approximate surface area is 162 Å². The summed E-state index contributed by atoms with van der Waals surface area (Å²) in [5, 5.41) is 7.46. The summed E-state index contributed by atoms with van der Waals surface area (Å²) in [5.41, 5.74) is 3.69. The third kappa shape index (κ3) is 3.74. The molecule has 0 aliphatic carbocycles. The van der Waals surface area contributed by atoms with Crippen LogP contribution in [0.1, 0.15) is 22.7 Å². The molecule has 2 aromatic carbocycles. The van der Waals surface area contributed by atoms with Gasteiger partial charge in [-0.05, 0) is 36.3 Å². The Morgan fingerprint density at radius 2 is 1.79 bits per heavy atom. The Morgan fingerprint density at radius 3 is 2.43 bits per heavy atom. The summed E-state index contributed by atoms with van der Waals surface area (Å²) in [4.78, 5) is 4.26. The van der Waals surface area contributed by atoms with E-state index in [-0.39, 0.29) is 17.8 Å². The molecule has 0 spiro atoms. The molecule has 1 aromatic heterocycles. The molecule has 4 rings (SSSR count). The molecule has 1 unspecified atom stereocenters. The Balaban J connectivity index is 1.80. The van der Waals surface area contributed by atoms with Gasteiger partial charge in [-0.2, -0.15) is 4.98 Å². The Morgan fingerprint density at radius 1 is 1.11 bits per heavy atom. The molecule has 7 nitrogen and oxygen atoms in total. The molecule has 0 amide bonds. The van der Waals surface area contributed by atoms with Crippen molar-refractivity contribution >= 4 is 27.6 Å².